The number of carbonyl (C=O) groups excluding carboxylic acids is 1. The normalized spacial score (nSPS) is 16.8. The van der Waals surface area contributed by atoms with Gasteiger partial charge in [-0.25, -0.2) is 13.6 Å². The van der Waals surface area contributed by atoms with Gasteiger partial charge >= 0.3 is 5.97 Å². The molecule has 0 spiro atoms. The smallest absolute Gasteiger partial charge is 0.350 e. The summed E-state index contributed by atoms with van der Waals surface area (Å²) < 4.78 is 33.6. The standard InChI is InChI=1S/C15H13F2N3O3/c16-10-2-3-12(17)11(8-10)13-9-14(23-19-13)15(21)22-7-6-20-5-1-4-18-20/h1-5,8,14H,6-7,9H2/t14-/m1/s1. The molecule has 2 aromatic rings. The van der Waals surface area contributed by atoms with Crippen molar-refractivity contribution in [3.63, 3.8) is 0 Å². The Morgan fingerprint density at radius 3 is 3.09 bits per heavy atom. The zero-order chi connectivity index (χ0) is 16.2. The first-order chi connectivity index (χ1) is 11.1. The van der Waals surface area contributed by atoms with Crippen LogP contribution in [-0.2, 0) is 20.9 Å². The van der Waals surface area contributed by atoms with Crippen molar-refractivity contribution >= 4 is 11.7 Å². The Hall–Kier alpha value is -2.77. The Kier molecular flexibility index (Phi) is 4.31. The third kappa shape index (κ3) is 3.53. The zero-order valence-corrected chi connectivity index (χ0v) is 12.0. The van der Waals surface area contributed by atoms with E-state index in [9.17, 15) is 13.6 Å². The van der Waals surface area contributed by atoms with Gasteiger partial charge in [0.15, 0.2) is 0 Å². The largest absolute Gasteiger partial charge is 0.461 e. The molecule has 2 heterocycles. The molecule has 23 heavy (non-hydrogen) atoms. The van der Waals surface area contributed by atoms with Crippen LogP contribution in [0.3, 0.4) is 0 Å². The van der Waals surface area contributed by atoms with Crippen LogP contribution in [0.5, 0.6) is 0 Å². The average Bonchev–Trinajstić information content (AvgIpc) is 3.21. The van der Waals surface area contributed by atoms with Gasteiger partial charge in [-0.3, -0.25) is 4.68 Å². The van der Waals surface area contributed by atoms with E-state index in [4.69, 9.17) is 9.57 Å². The molecule has 0 N–H and O–H groups in total. The fourth-order valence-corrected chi connectivity index (χ4v) is 2.15. The second kappa shape index (κ2) is 6.55. The molecule has 0 saturated carbocycles. The van der Waals surface area contributed by atoms with E-state index < -0.39 is 23.7 Å². The summed E-state index contributed by atoms with van der Waals surface area (Å²) >= 11 is 0. The topological polar surface area (TPSA) is 65.7 Å². The van der Waals surface area contributed by atoms with Crippen molar-refractivity contribution in [3.05, 3.63) is 53.9 Å². The molecule has 0 unspecified atom stereocenters. The summed E-state index contributed by atoms with van der Waals surface area (Å²) in [7, 11) is 0. The predicted molar refractivity (Wildman–Crippen MR) is 75.6 cm³/mol. The van der Waals surface area contributed by atoms with Crippen molar-refractivity contribution in [2.24, 2.45) is 5.16 Å². The van der Waals surface area contributed by atoms with Crippen molar-refractivity contribution < 1.29 is 23.1 Å². The molecule has 0 fully saturated rings. The van der Waals surface area contributed by atoms with Crippen molar-refractivity contribution in [2.75, 3.05) is 6.61 Å². The number of nitrogens with zero attached hydrogens (tertiary/aromatic N) is 3. The van der Waals surface area contributed by atoms with Crippen LogP contribution in [-0.4, -0.2) is 34.2 Å². The molecule has 6 nitrogen and oxygen atoms in total. The van der Waals surface area contributed by atoms with Gasteiger partial charge < -0.3 is 9.57 Å². The molecule has 0 saturated heterocycles. The van der Waals surface area contributed by atoms with Crippen LogP contribution in [0.4, 0.5) is 8.78 Å². The minimum absolute atomic E-state index is 0.0168. The molecule has 120 valence electrons. The van der Waals surface area contributed by atoms with E-state index >= 15 is 0 Å². The monoisotopic (exact) mass is 321 g/mol. The molecule has 1 atom stereocenters. The van der Waals surface area contributed by atoms with Gasteiger partial charge in [-0.05, 0) is 24.3 Å². The Bertz CT molecular complexity index is 732. The minimum atomic E-state index is -0.953. The highest BCUT2D eigenvalue weighted by atomic mass is 19.1. The number of hydrogen-bond donors (Lipinski definition) is 0. The van der Waals surface area contributed by atoms with E-state index in [1.807, 2.05) is 0 Å². The van der Waals surface area contributed by atoms with Crippen molar-refractivity contribution in [1.29, 1.82) is 0 Å². The Morgan fingerprint density at radius 1 is 1.43 bits per heavy atom. The van der Waals surface area contributed by atoms with Gasteiger partial charge in [-0.1, -0.05) is 5.16 Å². The maximum atomic E-state index is 13.7. The molecular weight excluding hydrogens is 308 g/mol. The number of ether oxygens (including phenoxy) is 1. The Morgan fingerprint density at radius 2 is 2.30 bits per heavy atom. The fourth-order valence-electron chi connectivity index (χ4n) is 2.15. The number of oxime groups is 1. The molecule has 3 rings (SSSR count). The molecule has 1 aliphatic heterocycles. The molecular formula is C15H13F2N3O3. The molecule has 8 heteroatoms. The number of hydrogen-bond acceptors (Lipinski definition) is 5. The third-order valence-electron chi connectivity index (χ3n) is 3.29. The van der Waals surface area contributed by atoms with Gasteiger partial charge in [0.1, 0.15) is 18.2 Å². The van der Waals surface area contributed by atoms with Gasteiger partial charge in [0.05, 0.1) is 12.3 Å². The number of esters is 1. The third-order valence-corrected chi connectivity index (χ3v) is 3.29. The molecule has 0 bridgehead atoms. The second-order valence-electron chi connectivity index (χ2n) is 4.90. The maximum Gasteiger partial charge on any atom is 0.350 e. The quantitative estimate of drug-likeness (QED) is 0.789. The van der Waals surface area contributed by atoms with E-state index in [2.05, 4.69) is 10.3 Å². The molecule has 1 aromatic heterocycles. The Balaban J connectivity index is 1.54. The molecule has 0 radical (unpaired) electrons. The van der Waals surface area contributed by atoms with Crippen LogP contribution in [0.15, 0.2) is 41.8 Å². The molecule has 1 aromatic carbocycles. The van der Waals surface area contributed by atoms with Crippen LogP contribution in [0.1, 0.15) is 12.0 Å². The summed E-state index contributed by atoms with van der Waals surface area (Å²) in [5.41, 5.74) is 0.160. The number of rotatable bonds is 5. The van der Waals surface area contributed by atoms with Crippen molar-refractivity contribution in [2.45, 2.75) is 19.1 Å². The first-order valence-electron chi connectivity index (χ1n) is 6.95. The summed E-state index contributed by atoms with van der Waals surface area (Å²) in [6.07, 6.45) is 2.44. The average molecular weight is 321 g/mol. The summed E-state index contributed by atoms with van der Waals surface area (Å²) in [6.45, 7) is 0.543. The molecule has 1 aliphatic rings. The van der Waals surface area contributed by atoms with Gasteiger partial charge in [-0.2, -0.15) is 5.10 Å². The lowest BCUT2D eigenvalue weighted by Gasteiger charge is -2.09. The lowest BCUT2D eigenvalue weighted by atomic mass is 10.0. The van der Waals surface area contributed by atoms with Crippen LogP contribution < -0.4 is 0 Å². The fraction of sp³-hybridized carbons (Fsp3) is 0.267. The van der Waals surface area contributed by atoms with Gasteiger partial charge in [0.2, 0.25) is 6.10 Å². The van der Waals surface area contributed by atoms with Crippen LogP contribution in [0, 0.1) is 11.6 Å². The first kappa shape index (κ1) is 15.1. The summed E-state index contributed by atoms with van der Waals surface area (Å²) in [5.74, 6) is -1.82. The first-order valence-corrected chi connectivity index (χ1v) is 6.95. The lowest BCUT2D eigenvalue weighted by molar-refractivity contribution is -0.155. The second-order valence-corrected chi connectivity index (χ2v) is 4.90. The highest BCUT2D eigenvalue weighted by molar-refractivity contribution is 6.03. The van der Waals surface area contributed by atoms with Crippen LogP contribution in [0.2, 0.25) is 0 Å². The summed E-state index contributed by atoms with van der Waals surface area (Å²) in [5, 5.41) is 7.63. The summed E-state index contributed by atoms with van der Waals surface area (Å²) in [6, 6.07) is 4.79. The number of aromatic nitrogens is 2. The van der Waals surface area contributed by atoms with Crippen LogP contribution in [0.25, 0.3) is 0 Å². The van der Waals surface area contributed by atoms with Gasteiger partial charge in [0.25, 0.3) is 0 Å². The zero-order valence-electron chi connectivity index (χ0n) is 12.0. The van der Waals surface area contributed by atoms with Gasteiger partial charge in [-0.15, -0.1) is 0 Å². The van der Waals surface area contributed by atoms with Gasteiger partial charge in [0, 0.05) is 24.4 Å². The number of carbonyl (C=O) groups is 1. The van der Waals surface area contributed by atoms with Crippen molar-refractivity contribution in [3.8, 4) is 0 Å². The molecule has 0 aliphatic carbocycles. The van der Waals surface area contributed by atoms with E-state index in [0.717, 1.165) is 18.2 Å². The summed E-state index contributed by atoms with van der Waals surface area (Å²) in [4.78, 5) is 16.9. The lowest BCUT2D eigenvalue weighted by Crippen LogP contribution is -2.25. The Labute approximate surface area is 130 Å². The number of halogens is 2. The highest BCUT2D eigenvalue weighted by Gasteiger charge is 2.31. The van der Waals surface area contributed by atoms with E-state index in [1.165, 1.54) is 0 Å². The minimum Gasteiger partial charge on any atom is -0.461 e. The maximum absolute atomic E-state index is 13.7. The number of benzene rings is 1. The SMILES string of the molecule is O=C(OCCn1cccn1)[C@H]1CC(c2cc(F)ccc2F)=NO1. The van der Waals surface area contributed by atoms with E-state index in [1.54, 1.807) is 23.1 Å². The van der Waals surface area contributed by atoms with Crippen LogP contribution >= 0.6 is 0 Å². The molecule has 0 amide bonds. The van der Waals surface area contributed by atoms with Crippen molar-refractivity contribution in [1.82, 2.24) is 9.78 Å². The predicted octanol–water partition coefficient (Wildman–Crippen LogP) is 1.90. The van der Waals surface area contributed by atoms with E-state index in [-0.39, 0.29) is 24.3 Å². The highest BCUT2D eigenvalue weighted by Crippen LogP contribution is 2.20. The van der Waals surface area contributed by atoms with E-state index in [0.29, 0.717) is 6.54 Å².